The first-order valence-electron chi connectivity index (χ1n) is 10.6. The molecule has 0 unspecified atom stereocenters. The van der Waals surface area contributed by atoms with Crippen molar-refractivity contribution in [1.82, 2.24) is 0 Å². The van der Waals surface area contributed by atoms with Crippen molar-refractivity contribution in [3.8, 4) is 5.75 Å². The molecule has 2 N–H and O–H groups in total. The van der Waals surface area contributed by atoms with Gasteiger partial charge in [0.15, 0.2) is 0 Å². The Morgan fingerprint density at radius 2 is 1.35 bits per heavy atom. The summed E-state index contributed by atoms with van der Waals surface area (Å²) < 4.78 is 15.4. The quantitative estimate of drug-likeness (QED) is 0.235. The summed E-state index contributed by atoms with van der Waals surface area (Å²) in [7, 11) is 1.24. The number of nitro benzene ring substituents is 1. The van der Waals surface area contributed by atoms with Gasteiger partial charge in [0.2, 0.25) is 12.2 Å². The lowest BCUT2D eigenvalue weighted by atomic mass is 10.1. The number of ether oxygens (including phenoxy) is 3. The number of methoxy groups -OCH3 is 1. The molecule has 190 valence electrons. The van der Waals surface area contributed by atoms with Gasteiger partial charge in [-0.2, -0.15) is 0 Å². The molecule has 0 spiro atoms. The van der Waals surface area contributed by atoms with Crippen LogP contribution in [0, 0.1) is 10.1 Å². The van der Waals surface area contributed by atoms with E-state index >= 15 is 0 Å². The summed E-state index contributed by atoms with van der Waals surface area (Å²) in [6.45, 7) is 0. The van der Waals surface area contributed by atoms with Gasteiger partial charge >= 0.3 is 17.9 Å². The predicted octanol–water partition coefficient (Wildman–Crippen LogP) is 3.08. The number of amides is 1. The number of carbonyl (C=O) groups is 4. The Morgan fingerprint density at radius 3 is 1.81 bits per heavy atom. The van der Waals surface area contributed by atoms with Crippen LogP contribution in [0.2, 0.25) is 0 Å². The van der Waals surface area contributed by atoms with Crippen molar-refractivity contribution in [1.29, 1.82) is 0 Å². The molecule has 0 aliphatic heterocycles. The monoisotopic (exact) mass is 508 g/mol. The molecule has 37 heavy (non-hydrogen) atoms. The summed E-state index contributed by atoms with van der Waals surface area (Å²) in [5.41, 5.74) is -0.630. The number of rotatable bonds is 10. The topological polar surface area (TPSA) is 171 Å². The van der Waals surface area contributed by atoms with Crippen molar-refractivity contribution in [2.24, 2.45) is 0 Å². The average Bonchev–Trinajstić information content (AvgIpc) is 2.91. The fourth-order valence-electron chi connectivity index (χ4n) is 3.12. The van der Waals surface area contributed by atoms with Crippen molar-refractivity contribution in [3.63, 3.8) is 0 Å². The molecular formula is C25H20N2O10. The van der Waals surface area contributed by atoms with Gasteiger partial charge in [-0.3, -0.25) is 14.9 Å². The molecule has 12 nitrogen and oxygen atoms in total. The fraction of sp³-hybridized carbons (Fsp3) is 0.120. The van der Waals surface area contributed by atoms with Crippen LogP contribution in [0.1, 0.15) is 20.7 Å². The number of non-ortho nitro benzene ring substituents is 1. The van der Waals surface area contributed by atoms with Crippen LogP contribution in [-0.4, -0.2) is 53.2 Å². The van der Waals surface area contributed by atoms with Crippen LogP contribution in [0.4, 0.5) is 11.4 Å². The lowest BCUT2D eigenvalue weighted by molar-refractivity contribution is -0.384. The maximum atomic E-state index is 13.2. The van der Waals surface area contributed by atoms with E-state index in [0.717, 1.165) is 12.1 Å². The zero-order valence-electron chi connectivity index (χ0n) is 19.2. The van der Waals surface area contributed by atoms with Gasteiger partial charge in [0.1, 0.15) is 5.75 Å². The van der Waals surface area contributed by atoms with Crippen molar-refractivity contribution >= 4 is 35.2 Å². The molecule has 0 aromatic heterocycles. The second-order valence-corrected chi connectivity index (χ2v) is 7.35. The molecule has 3 aromatic carbocycles. The van der Waals surface area contributed by atoms with E-state index in [1.807, 2.05) is 0 Å². The molecule has 0 saturated carbocycles. The molecule has 0 bridgehead atoms. The minimum Gasteiger partial charge on any atom is -0.495 e. The highest BCUT2D eigenvalue weighted by Crippen LogP contribution is 2.29. The number of esters is 2. The lowest BCUT2D eigenvalue weighted by Gasteiger charge is -2.24. The number of aliphatic carboxylic acids is 1. The Labute approximate surface area is 209 Å². The van der Waals surface area contributed by atoms with Crippen LogP contribution < -0.4 is 10.1 Å². The van der Waals surface area contributed by atoms with Gasteiger partial charge in [0, 0.05) is 12.1 Å². The molecule has 12 heteroatoms. The maximum Gasteiger partial charge on any atom is 0.349 e. The number of carboxylic acid groups (broad SMARTS) is 1. The summed E-state index contributed by atoms with van der Waals surface area (Å²) in [5, 5.41) is 23.2. The van der Waals surface area contributed by atoms with E-state index in [0.29, 0.717) is 0 Å². The van der Waals surface area contributed by atoms with Gasteiger partial charge in [0.25, 0.3) is 11.6 Å². The van der Waals surface area contributed by atoms with Gasteiger partial charge in [-0.05, 0) is 30.3 Å². The first kappa shape index (κ1) is 26.3. The van der Waals surface area contributed by atoms with E-state index in [-0.39, 0.29) is 22.6 Å². The Bertz CT molecular complexity index is 1310. The molecule has 0 aliphatic carbocycles. The van der Waals surface area contributed by atoms with Crippen LogP contribution in [0.5, 0.6) is 5.75 Å². The van der Waals surface area contributed by atoms with E-state index in [1.165, 1.54) is 61.7 Å². The van der Waals surface area contributed by atoms with Crippen LogP contribution in [0.3, 0.4) is 0 Å². The number of carboxylic acids is 1. The molecular weight excluding hydrogens is 488 g/mol. The number of nitrogens with one attached hydrogen (secondary N) is 1. The van der Waals surface area contributed by atoms with E-state index < -0.39 is 46.6 Å². The number of nitrogens with zero attached hydrogens (tertiary/aromatic N) is 1. The Hall–Kier alpha value is -5.26. The molecule has 0 radical (unpaired) electrons. The maximum absolute atomic E-state index is 13.2. The third kappa shape index (κ3) is 6.66. The van der Waals surface area contributed by atoms with Gasteiger partial charge in [-0.25, -0.2) is 14.4 Å². The van der Waals surface area contributed by atoms with Crippen molar-refractivity contribution in [3.05, 3.63) is 100 Å². The summed E-state index contributed by atoms with van der Waals surface area (Å²) in [6, 6.07) is 18.1. The van der Waals surface area contributed by atoms with Gasteiger partial charge in [-0.1, -0.05) is 36.4 Å². The average molecular weight is 508 g/mol. The fourth-order valence-corrected chi connectivity index (χ4v) is 3.12. The molecule has 0 saturated heterocycles. The second kappa shape index (κ2) is 11.9. The third-order valence-corrected chi connectivity index (χ3v) is 4.92. The van der Waals surface area contributed by atoms with Crippen LogP contribution in [-0.2, 0) is 19.1 Å². The van der Waals surface area contributed by atoms with Crippen LogP contribution in [0.15, 0.2) is 78.9 Å². The largest absolute Gasteiger partial charge is 0.495 e. The minimum absolute atomic E-state index is 0.000223. The van der Waals surface area contributed by atoms with E-state index in [4.69, 9.17) is 14.2 Å². The van der Waals surface area contributed by atoms with E-state index in [9.17, 15) is 34.4 Å². The minimum atomic E-state index is -2.27. The van der Waals surface area contributed by atoms with Gasteiger partial charge in [-0.15, -0.1) is 0 Å². The Kier molecular flexibility index (Phi) is 8.49. The zero-order valence-corrected chi connectivity index (χ0v) is 19.2. The molecule has 0 heterocycles. The summed E-state index contributed by atoms with van der Waals surface area (Å²) >= 11 is 0. The van der Waals surface area contributed by atoms with E-state index in [2.05, 4.69) is 5.32 Å². The smallest absolute Gasteiger partial charge is 0.349 e. The molecule has 0 fully saturated rings. The number of anilines is 1. The zero-order chi connectivity index (χ0) is 26.9. The Morgan fingerprint density at radius 1 is 0.838 bits per heavy atom. The molecule has 3 rings (SSSR count). The summed E-state index contributed by atoms with van der Waals surface area (Å²) in [5.74, 6) is -5.18. The number of carbonyl (C=O) groups excluding carboxylic acids is 3. The van der Waals surface area contributed by atoms with Gasteiger partial charge in [0.05, 0.1) is 28.8 Å². The highest BCUT2D eigenvalue weighted by atomic mass is 16.6. The van der Waals surface area contributed by atoms with Crippen molar-refractivity contribution < 1.29 is 43.4 Å². The second-order valence-electron chi connectivity index (χ2n) is 7.35. The number of hydrogen-bond acceptors (Lipinski definition) is 9. The standard InChI is InChI=1S/C25H20N2O10/c1-35-19-13-12-17(27(33)34)14-18(19)26-22(28)20(36-24(31)15-8-4-2-5-9-15)21(23(29)30)37-25(32)16-10-6-3-7-11-16/h2-14,20-21H,1H3,(H,26,28)(H,29,30)/t20-,21-/m1/s1. The summed E-state index contributed by atoms with van der Waals surface area (Å²) in [6.07, 6.45) is -4.47. The number of nitro groups is 1. The first-order valence-corrected chi connectivity index (χ1v) is 10.6. The van der Waals surface area contributed by atoms with E-state index in [1.54, 1.807) is 12.1 Å². The third-order valence-electron chi connectivity index (χ3n) is 4.92. The highest BCUT2D eigenvalue weighted by Gasteiger charge is 2.41. The van der Waals surface area contributed by atoms with Crippen LogP contribution >= 0.6 is 0 Å². The SMILES string of the molecule is COc1ccc([N+](=O)[O-])cc1NC(=O)[C@H](OC(=O)c1ccccc1)[C@@H](OC(=O)c1ccccc1)C(=O)O. The number of benzene rings is 3. The Balaban J connectivity index is 1.97. The van der Waals surface area contributed by atoms with Crippen molar-refractivity contribution in [2.75, 3.05) is 12.4 Å². The molecule has 1 amide bonds. The van der Waals surface area contributed by atoms with Gasteiger partial charge < -0.3 is 24.6 Å². The summed E-state index contributed by atoms with van der Waals surface area (Å²) in [4.78, 5) is 61.0. The number of hydrogen-bond donors (Lipinski definition) is 2. The van der Waals surface area contributed by atoms with Crippen LogP contribution in [0.25, 0.3) is 0 Å². The predicted molar refractivity (Wildman–Crippen MR) is 127 cm³/mol. The molecule has 2 atom stereocenters. The molecule has 0 aliphatic rings. The lowest BCUT2D eigenvalue weighted by Crippen LogP contribution is -2.48. The first-order chi connectivity index (χ1) is 17.7. The molecule has 3 aromatic rings. The highest BCUT2D eigenvalue weighted by molar-refractivity contribution is 6.02. The van der Waals surface area contributed by atoms with Crippen molar-refractivity contribution in [2.45, 2.75) is 12.2 Å². The normalized spacial score (nSPS) is 11.9.